The summed E-state index contributed by atoms with van der Waals surface area (Å²) in [6, 6.07) is 2.38. The Bertz CT molecular complexity index is 516. The van der Waals surface area contributed by atoms with Crippen molar-refractivity contribution >= 4 is 17.5 Å². The van der Waals surface area contributed by atoms with Gasteiger partial charge in [-0.1, -0.05) is 6.92 Å². The van der Waals surface area contributed by atoms with Crippen LogP contribution in [0.25, 0.3) is 0 Å². The molecule has 1 heterocycles. The Kier molecular flexibility index (Phi) is 4.98. The van der Waals surface area contributed by atoms with Crippen molar-refractivity contribution in [2.45, 2.75) is 25.9 Å². The van der Waals surface area contributed by atoms with Crippen LogP contribution in [0.15, 0.2) is 12.1 Å². The number of esters is 1. The van der Waals surface area contributed by atoms with E-state index in [-0.39, 0.29) is 23.7 Å². The second-order valence-corrected chi connectivity index (χ2v) is 4.52. The average molecular weight is 283 g/mol. The summed E-state index contributed by atoms with van der Waals surface area (Å²) in [7, 11) is 1.19. The summed E-state index contributed by atoms with van der Waals surface area (Å²) in [5.41, 5.74) is -1.35. The third-order valence-electron chi connectivity index (χ3n) is 2.86. The molecule has 0 bridgehead atoms. The third kappa shape index (κ3) is 3.89. The Morgan fingerprint density at radius 1 is 1.60 bits per heavy atom. The van der Waals surface area contributed by atoms with Gasteiger partial charge < -0.3 is 15.2 Å². The number of anilines is 1. The van der Waals surface area contributed by atoms with Crippen molar-refractivity contribution in [3.8, 4) is 0 Å². The van der Waals surface area contributed by atoms with Crippen LogP contribution in [0.2, 0.25) is 0 Å². The number of ether oxygens (including phenoxy) is 1. The normalized spacial score (nSPS) is 13.4. The number of nitrogens with zero attached hydrogens (tertiary/aromatic N) is 2. The van der Waals surface area contributed by atoms with Crippen LogP contribution in [0.3, 0.4) is 0 Å². The number of aliphatic hydroxyl groups is 1. The van der Waals surface area contributed by atoms with Crippen molar-refractivity contribution in [2.75, 3.05) is 19.0 Å². The van der Waals surface area contributed by atoms with Gasteiger partial charge in [-0.3, -0.25) is 10.1 Å². The molecule has 0 saturated heterocycles. The Labute approximate surface area is 115 Å². The van der Waals surface area contributed by atoms with E-state index < -0.39 is 16.5 Å². The molecule has 20 heavy (non-hydrogen) atoms. The molecule has 8 heteroatoms. The van der Waals surface area contributed by atoms with Crippen molar-refractivity contribution in [2.24, 2.45) is 0 Å². The van der Waals surface area contributed by atoms with Gasteiger partial charge in [0.2, 0.25) is 5.82 Å². The average Bonchev–Trinajstić information content (AvgIpc) is 2.43. The highest BCUT2D eigenvalue weighted by Gasteiger charge is 2.22. The molecule has 0 aliphatic carbocycles. The van der Waals surface area contributed by atoms with Crippen LogP contribution in [-0.2, 0) is 4.74 Å². The minimum Gasteiger partial charge on any atom is -0.464 e. The molecular weight excluding hydrogens is 266 g/mol. The molecule has 1 aromatic heterocycles. The number of hydrogen-bond acceptors (Lipinski definition) is 7. The summed E-state index contributed by atoms with van der Waals surface area (Å²) in [5.74, 6) is -0.767. The summed E-state index contributed by atoms with van der Waals surface area (Å²) in [6.45, 7) is 3.45. The fraction of sp³-hybridized carbons (Fsp3) is 0.500. The lowest BCUT2D eigenvalue weighted by Crippen LogP contribution is -2.33. The maximum absolute atomic E-state index is 11.4. The first-order valence-corrected chi connectivity index (χ1v) is 6.00. The molecule has 2 N–H and O–H groups in total. The lowest BCUT2D eigenvalue weighted by atomic mass is 10.0. The van der Waals surface area contributed by atoms with Crippen molar-refractivity contribution in [3.63, 3.8) is 0 Å². The van der Waals surface area contributed by atoms with Crippen LogP contribution in [0.1, 0.15) is 30.8 Å². The SMILES string of the molecule is CCC(C)(O)CNc1nc(C(=O)OC)ccc1[N+](=O)[O-]. The fourth-order valence-corrected chi connectivity index (χ4v) is 1.35. The van der Waals surface area contributed by atoms with Crippen LogP contribution in [0.5, 0.6) is 0 Å². The molecule has 1 aromatic rings. The van der Waals surface area contributed by atoms with Crippen molar-refractivity contribution in [1.29, 1.82) is 0 Å². The molecule has 0 amide bonds. The van der Waals surface area contributed by atoms with Gasteiger partial charge in [-0.25, -0.2) is 9.78 Å². The van der Waals surface area contributed by atoms with E-state index in [1.807, 2.05) is 0 Å². The minimum absolute atomic E-state index is 0.0447. The van der Waals surface area contributed by atoms with Gasteiger partial charge in [0, 0.05) is 12.6 Å². The molecule has 0 spiro atoms. The van der Waals surface area contributed by atoms with Crippen molar-refractivity contribution in [3.05, 3.63) is 27.9 Å². The molecule has 0 fully saturated rings. The summed E-state index contributed by atoms with van der Waals surface area (Å²) in [5, 5.41) is 23.5. The number of carbonyl (C=O) groups excluding carboxylic acids is 1. The monoisotopic (exact) mass is 283 g/mol. The van der Waals surface area contributed by atoms with Crippen LogP contribution < -0.4 is 5.32 Å². The molecule has 1 atom stereocenters. The zero-order valence-corrected chi connectivity index (χ0v) is 11.5. The predicted molar refractivity (Wildman–Crippen MR) is 71.6 cm³/mol. The number of methoxy groups -OCH3 is 1. The summed E-state index contributed by atoms with van der Waals surface area (Å²) in [4.78, 5) is 25.5. The van der Waals surface area contributed by atoms with Gasteiger partial charge in [0.25, 0.3) is 0 Å². The van der Waals surface area contributed by atoms with Gasteiger partial charge in [-0.2, -0.15) is 0 Å². The summed E-state index contributed by atoms with van der Waals surface area (Å²) >= 11 is 0. The van der Waals surface area contributed by atoms with E-state index in [0.717, 1.165) is 0 Å². The fourth-order valence-electron chi connectivity index (χ4n) is 1.35. The largest absolute Gasteiger partial charge is 0.464 e. The molecule has 8 nitrogen and oxygen atoms in total. The first-order valence-electron chi connectivity index (χ1n) is 6.00. The van der Waals surface area contributed by atoms with E-state index in [2.05, 4.69) is 15.0 Å². The van der Waals surface area contributed by atoms with Crippen LogP contribution in [-0.4, -0.2) is 40.2 Å². The zero-order chi connectivity index (χ0) is 15.3. The van der Waals surface area contributed by atoms with E-state index in [1.165, 1.54) is 19.2 Å². The molecule has 0 saturated carbocycles. The Balaban J connectivity index is 3.06. The Hall–Kier alpha value is -2.22. The van der Waals surface area contributed by atoms with Crippen molar-refractivity contribution < 1.29 is 19.6 Å². The van der Waals surface area contributed by atoms with Gasteiger partial charge in [0.15, 0.2) is 5.69 Å². The van der Waals surface area contributed by atoms with Gasteiger partial charge >= 0.3 is 11.7 Å². The lowest BCUT2D eigenvalue weighted by Gasteiger charge is -2.21. The van der Waals surface area contributed by atoms with Crippen molar-refractivity contribution in [1.82, 2.24) is 4.98 Å². The first kappa shape index (κ1) is 15.8. The van der Waals surface area contributed by atoms with E-state index in [0.29, 0.717) is 6.42 Å². The molecule has 0 aromatic carbocycles. The second kappa shape index (κ2) is 6.29. The third-order valence-corrected chi connectivity index (χ3v) is 2.86. The zero-order valence-electron chi connectivity index (χ0n) is 11.5. The smallest absolute Gasteiger partial charge is 0.356 e. The molecular formula is C12H17N3O5. The number of aromatic nitrogens is 1. The van der Waals surface area contributed by atoms with E-state index in [9.17, 15) is 20.0 Å². The second-order valence-electron chi connectivity index (χ2n) is 4.52. The van der Waals surface area contributed by atoms with Gasteiger partial charge in [-0.05, 0) is 19.4 Å². The number of nitro groups is 1. The summed E-state index contributed by atoms with van der Waals surface area (Å²) < 4.78 is 4.51. The molecule has 110 valence electrons. The first-order chi connectivity index (χ1) is 9.30. The lowest BCUT2D eigenvalue weighted by molar-refractivity contribution is -0.384. The highest BCUT2D eigenvalue weighted by atomic mass is 16.6. The number of hydrogen-bond donors (Lipinski definition) is 2. The van der Waals surface area contributed by atoms with Gasteiger partial charge in [0.05, 0.1) is 17.6 Å². The van der Waals surface area contributed by atoms with E-state index in [4.69, 9.17) is 0 Å². The highest BCUT2D eigenvalue weighted by Crippen LogP contribution is 2.23. The number of rotatable bonds is 6. The maximum Gasteiger partial charge on any atom is 0.356 e. The molecule has 0 aliphatic heterocycles. The highest BCUT2D eigenvalue weighted by molar-refractivity contribution is 5.88. The number of pyridine rings is 1. The van der Waals surface area contributed by atoms with Gasteiger partial charge in [-0.15, -0.1) is 0 Å². The quantitative estimate of drug-likeness (QED) is 0.460. The maximum atomic E-state index is 11.4. The van der Waals surface area contributed by atoms with Crippen LogP contribution >= 0.6 is 0 Å². The van der Waals surface area contributed by atoms with E-state index in [1.54, 1.807) is 13.8 Å². The molecule has 0 radical (unpaired) electrons. The number of nitrogens with one attached hydrogen (secondary N) is 1. The minimum atomic E-state index is -1.03. The molecule has 1 rings (SSSR count). The molecule has 1 unspecified atom stereocenters. The topological polar surface area (TPSA) is 115 Å². The molecule has 0 aliphatic rings. The Morgan fingerprint density at radius 2 is 2.25 bits per heavy atom. The van der Waals surface area contributed by atoms with Gasteiger partial charge in [0.1, 0.15) is 0 Å². The standard InChI is InChI=1S/C12H17N3O5/c1-4-12(2,17)7-13-10-9(15(18)19)6-5-8(14-10)11(16)20-3/h5-6,17H,4,7H2,1-3H3,(H,13,14). The Morgan fingerprint density at radius 3 is 2.75 bits per heavy atom. The van der Waals surface area contributed by atoms with Crippen LogP contribution in [0, 0.1) is 10.1 Å². The predicted octanol–water partition coefficient (Wildman–Crippen LogP) is 1.35. The van der Waals surface area contributed by atoms with E-state index >= 15 is 0 Å². The number of carbonyl (C=O) groups is 1. The summed E-state index contributed by atoms with van der Waals surface area (Å²) in [6.07, 6.45) is 0.463. The van der Waals surface area contributed by atoms with Crippen LogP contribution in [0.4, 0.5) is 11.5 Å².